The number of amides is 1. The minimum Gasteiger partial charge on any atom is -0.310 e. The van der Waals surface area contributed by atoms with E-state index in [0.717, 1.165) is 62.5 Å². The van der Waals surface area contributed by atoms with E-state index >= 15 is 0 Å². The zero-order valence-corrected chi connectivity index (χ0v) is 14.7. The lowest BCUT2D eigenvalue weighted by Gasteiger charge is -2.38. The van der Waals surface area contributed by atoms with Gasteiger partial charge in [0.15, 0.2) is 0 Å². The topological polar surface area (TPSA) is 49.3 Å². The Labute approximate surface area is 148 Å². The van der Waals surface area contributed by atoms with E-state index in [-0.39, 0.29) is 11.3 Å². The number of hydrogen-bond donors (Lipinski definition) is 0. The second-order valence-corrected chi connectivity index (χ2v) is 7.28. The van der Waals surface area contributed by atoms with Crippen molar-refractivity contribution in [2.75, 3.05) is 24.5 Å². The van der Waals surface area contributed by atoms with Crippen LogP contribution in [0.2, 0.25) is 0 Å². The first-order valence-electron chi connectivity index (χ1n) is 9.03. The lowest BCUT2D eigenvalue weighted by molar-refractivity contribution is -0.128. The Hall–Kier alpha value is -2.27. The van der Waals surface area contributed by atoms with Crippen LogP contribution in [0, 0.1) is 12.3 Å². The van der Waals surface area contributed by atoms with E-state index in [1.165, 1.54) is 0 Å². The summed E-state index contributed by atoms with van der Waals surface area (Å²) < 4.78 is 0. The van der Waals surface area contributed by atoms with Crippen molar-refractivity contribution in [1.82, 2.24) is 14.9 Å². The summed E-state index contributed by atoms with van der Waals surface area (Å²) in [4.78, 5) is 26.3. The average Bonchev–Trinajstić information content (AvgIpc) is 2.92. The molecule has 0 aromatic carbocycles. The zero-order chi connectivity index (χ0) is 17.3. The largest absolute Gasteiger partial charge is 0.310 e. The first-order chi connectivity index (χ1) is 12.2. The third-order valence-corrected chi connectivity index (χ3v) is 5.46. The predicted octanol–water partition coefficient (Wildman–Crippen LogP) is 2.80. The number of pyridine rings is 2. The highest BCUT2D eigenvalue weighted by atomic mass is 16.2. The Kier molecular flexibility index (Phi) is 4.25. The molecule has 25 heavy (non-hydrogen) atoms. The summed E-state index contributed by atoms with van der Waals surface area (Å²) in [6, 6.07) is 10.0. The number of rotatable bonds is 3. The molecule has 2 aliphatic heterocycles. The van der Waals surface area contributed by atoms with Gasteiger partial charge in [-0.15, -0.1) is 0 Å². The van der Waals surface area contributed by atoms with Crippen LogP contribution in [0.3, 0.4) is 0 Å². The summed E-state index contributed by atoms with van der Waals surface area (Å²) in [5, 5.41) is 0. The van der Waals surface area contributed by atoms with Gasteiger partial charge in [0.05, 0.1) is 23.0 Å². The highest BCUT2D eigenvalue weighted by molar-refractivity contribution is 6.00. The number of piperidine rings is 1. The molecule has 130 valence electrons. The van der Waals surface area contributed by atoms with E-state index in [1.807, 2.05) is 30.0 Å². The quantitative estimate of drug-likeness (QED) is 0.865. The van der Waals surface area contributed by atoms with Gasteiger partial charge in [0.2, 0.25) is 5.91 Å². The minimum atomic E-state index is -0.238. The molecule has 0 radical (unpaired) electrons. The van der Waals surface area contributed by atoms with E-state index in [9.17, 15) is 4.79 Å². The summed E-state index contributed by atoms with van der Waals surface area (Å²) in [5.41, 5.74) is 2.81. The summed E-state index contributed by atoms with van der Waals surface area (Å²) in [5.74, 6) is 0.266. The van der Waals surface area contributed by atoms with Crippen LogP contribution in [0.25, 0.3) is 0 Å². The zero-order valence-electron chi connectivity index (χ0n) is 14.7. The van der Waals surface area contributed by atoms with E-state index in [0.29, 0.717) is 0 Å². The summed E-state index contributed by atoms with van der Waals surface area (Å²) >= 11 is 0. The van der Waals surface area contributed by atoms with Crippen LogP contribution < -0.4 is 4.90 Å². The van der Waals surface area contributed by atoms with Crippen LogP contribution in [-0.2, 0) is 11.3 Å². The van der Waals surface area contributed by atoms with Gasteiger partial charge in [0, 0.05) is 31.5 Å². The van der Waals surface area contributed by atoms with Gasteiger partial charge in [-0.1, -0.05) is 6.07 Å². The number of carbonyl (C=O) groups excluding carboxylic acids is 1. The Balaban J connectivity index is 1.50. The fourth-order valence-electron chi connectivity index (χ4n) is 4.24. The van der Waals surface area contributed by atoms with Crippen LogP contribution in [0.4, 0.5) is 5.69 Å². The van der Waals surface area contributed by atoms with Gasteiger partial charge in [-0.05, 0) is 57.0 Å². The van der Waals surface area contributed by atoms with Crippen LogP contribution in [0.1, 0.15) is 30.7 Å². The van der Waals surface area contributed by atoms with Gasteiger partial charge in [-0.25, -0.2) is 0 Å². The predicted molar refractivity (Wildman–Crippen MR) is 97.1 cm³/mol. The Bertz CT molecular complexity index is 763. The van der Waals surface area contributed by atoms with Gasteiger partial charge in [-0.3, -0.25) is 19.7 Å². The first-order valence-corrected chi connectivity index (χ1v) is 9.03. The molecular formula is C20H24N4O. The number of aryl methyl sites for hydroxylation is 1. The molecule has 5 heteroatoms. The maximum absolute atomic E-state index is 13.2. The van der Waals surface area contributed by atoms with Gasteiger partial charge in [0.25, 0.3) is 0 Å². The van der Waals surface area contributed by atoms with E-state index in [2.05, 4.69) is 27.0 Å². The molecule has 4 rings (SSSR count). The minimum absolute atomic E-state index is 0.238. The van der Waals surface area contributed by atoms with E-state index in [1.54, 1.807) is 12.4 Å². The standard InChI is InChI=1S/C20H24N4O/c1-16-5-2-6-17(22-16)14-23-11-4-8-20(15-23)9-12-24(19(20)25)18-7-3-10-21-13-18/h2-3,5-7,10,13H,4,8-9,11-12,14-15H2,1H3/t20-/m0/s1. The Morgan fingerprint density at radius 1 is 1.16 bits per heavy atom. The second kappa shape index (κ2) is 6.56. The average molecular weight is 336 g/mol. The molecule has 2 fully saturated rings. The maximum Gasteiger partial charge on any atom is 0.234 e. The van der Waals surface area contributed by atoms with Crippen molar-refractivity contribution in [3.63, 3.8) is 0 Å². The van der Waals surface area contributed by atoms with Gasteiger partial charge < -0.3 is 4.90 Å². The lowest BCUT2D eigenvalue weighted by Crippen LogP contribution is -2.47. The number of nitrogens with zero attached hydrogens (tertiary/aromatic N) is 4. The molecule has 2 saturated heterocycles. The molecule has 0 N–H and O–H groups in total. The molecule has 1 atom stereocenters. The third-order valence-electron chi connectivity index (χ3n) is 5.46. The number of likely N-dealkylation sites (tertiary alicyclic amines) is 1. The molecule has 2 aliphatic rings. The van der Waals surface area contributed by atoms with Crippen LogP contribution in [0.15, 0.2) is 42.7 Å². The second-order valence-electron chi connectivity index (χ2n) is 7.28. The summed E-state index contributed by atoms with van der Waals surface area (Å²) in [7, 11) is 0. The van der Waals surface area contributed by atoms with Crippen molar-refractivity contribution in [1.29, 1.82) is 0 Å². The van der Waals surface area contributed by atoms with Crippen LogP contribution in [-0.4, -0.2) is 40.4 Å². The van der Waals surface area contributed by atoms with Crippen molar-refractivity contribution in [2.45, 2.75) is 32.7 Å². The van der Waals surface area contributed by atoms with E-state index in [4.69, 9.17) is 0 Å². The summed E-state index contributed by atoms with van der Waals surface area (Å²) in [6.45, 7) is 5.51. The third kappa shape index (κ3) is 3.16. The summed E-state index contributed by atoms with van der Waals surface area (Å²) in [6.07, 6.45) is 6.52. The van der Waals surface area contributed by atoms with Crippen LogP contribution >= 0.6 is 0 Å². The molecule has 4 heterocycles. The Morgan fingerprint density at radius 2 is 2.08 bits per heavy atom. The molecule has 1 spiro atoms. The van der Waals surface area contributed by atoms with Gasteiger partial charge in [-0.2, -0.15) is 0 Å². The molecular weight excluding hydrogens is 312 g/mol. The molecule has 1 amide bonds. The molecule has 2 aromatic heterocycles. The molecule has 5 nitrogen and oxygen atoms in total. The fraction of sp³-hybridized carbons (Fsp3) is 0.450. The number of hydrogen-bond acceptors (Lipinski definition) is 4. The fourth-order valence-corrected chi connectivity index (χ4v) is 4.24. The molecule has 0 aliphatic carbocycles. The number of aromatic nitrogens is 2. The first kappa shape index (κ1) is 16.2. The highest BCUT2D eigenvalue weighted by Gasteiger charge is 2.49. The molecule has 0 bridgehead atoms. The molecule has 2 aromatic rings. The highest BCUT2D eigenvalue weighted by Crippen LogP contribution is 2.41. The van der Waals surface area contributed by atoms with Crippen molar-refractivity contribution in [3.8, 4) is 0 Å². The van der Waals surface area contributed by atoms with Crippen molar-refractivity contribution in [3.05, 3.63) is 54.1 Å². The van der Waals surface area contributed by atoms with Crippen LogP contribution in [0.5, 0.6) is 0 Å². The lowest BCUT2D eigenvalue weighted by atomic mass is 9.78. The number of carbonyl (C=O) groups is 1. The molecule has 0 saturated carbocycles. The molecule has 0 unspecified atom stereocenters. The van der Waals surface area contributed by atoms with Gasteiger partial charge >= 0.3 is 0 Å². The van der Waals surface area contributed by atoms with Gasteiger partial charge in [0.1, 0.15) is 0 Å². The smallest absolute Gasteiger partial charge is 0.234 e. The SMILES string of the molecule is Cc1cccc(CN2CCC[C@]3(CCN(c4cccnc4)C3=O)C2)n1. The maximum atomic E-state index is 13.2. The van der Waals surface area contributed by atoms with E-state index < -0.39 is 0 Å². The monoisotopic (exact) mass is 336 g/mol. The normalized spacial score (nSPS) is 24.2. The number of anilines is 1. The van der Waals surface area contributed by atoms with Crippen molar-refractivity contribution >= 4 is 11.6 Å². The Morgan fingerprint density at radius 3 is 2.88 bits per heavy atom. The van der Waals surface area contributed by atoms with Crippen molar-refractivity contribution in [2.24, 2.45) is 5.41 Å². The van der Waals surface area contributed by atoms with Crippen molar-refractivity contribution < 1.29 is 4.79 Å².